The molecule has 0 fully saturated rings. The lowest BCUT2D eigenvalue weighted by Gasteiger charge is -1.99. The second kappa shape index (κ2) is 5.17. The Labute approximate surface area is 66.7 Å². The van der Waals surface area contributed by atoms with Crippen LogP contribution in [0, 0.1) is 0 Å². The number of hydrogen-bond acceptors (Lipinski definition) is 1. The smallest absolute Gasteiger partial charge is 0.194 e. The Morgan fingerprint density at radius 3 is 2.70 bits per heavy atom. The van der Waals surface area contributed by atoms with Crippen LogP contribution in [0.4, 0.5) is 0 Å². The molecule has 0 rings (SSSR count). The highest BCUT2D eigenvalue weighted by molar-refractivity contribution is 7.80. The molecule has 10 heavy (non-hydrogen) atoms. The van der Waals surface area contributed by atoms with Crippen molar-refractivity contribution in [3.63, 3.8) is 0 Å². The number of thiocarbonyl (C=S) groups is 1. The van der Waals surface area contributed by atoms with Crippen LogP contribution in [-0.2, 0) is 0 Å². The maximum Gasteiger partial charge on any atom is 0.194 e. The van der Waals surface area contributed by atoms with Crippen LogP contribution < -0.4 is 11.1 Å². The molecule has 4 heteroatoms. The van der Waals surface area contributed by atoms with Gasteiger partial charge in [-0.25, -0.2) is 4.99 Å². The summed E-state index contributed by atoms with van der Waals surface area (Å²) in [6.45, 7) is 4.63. The minimum atomic E-state index is 0.474. The Bertz CT molecular complexity index is 138. The molecular formula is C6H13N3S. The van der Waals surface area contributed by atoms with Crippen LogP contribution >= 0.6 is 12.2 Å². The lowest BCUT2D eigenvalue weighted by Crippen LogP contribution is -2.22. The molecule has 0 aliphatic rings. The van der Waals surface area contributed by atoms with E-state index in [4.69, 9.17) is 18.0 Å². The molecule has 0 spiro atoms. The Kier molecular flexibility index (Phi) is 4.84. The van der Waals surface area contributed by atoms with E-state index in [1.807, 2.05) is 0 Å². The van der Waals surface area contributed by atoms with E-state index in [0.29, 0.717) is 10.9 Å². The molecule has 0 aromatic rings. The topological polar surface area (TPSA) is 50.4 Å². The summed E-state index contributed by atoms with van der Waals surface area (Å²) in [6.07, 6.45) is 1.04. The van der Waals surface area contributed by atoms with E-state index in [1.165, 1.54) is 0 Å². The minimum absolute atomic E-state index is 0.474. The van der Waals surface area contributed by atoms with Crippen molar-refractivity contribution in [2.24, 2.45) is 10.7 Å². The van der Waals surface area contributed by atoms with Crippen molar-refractivity contribution in [1.29, 1.82) is 0 Å². The van der Waals surface area contributed by atoms with Gasteiger partial charge in [0, 0.05) is 6.54 Å². The standard InChI is InChI=1S/C6H13N3S/c1-3-4-8-6(10)9-5(2)7/h3-4H2,1-2H3,(H3,7,8,9,10). The molecule has 0 aromatic carbocycles. The van der Waals surface area contributed by atoms with E-state index in [-0.39, 0.29) is 0 Å². The van der Waals surface area contributed by atoms with E-state index < -0.39 is 0 Å². The van der Waals surface area contributed by atoms with E-state index in [2.05, 4.69) is 17.2 Å². The third-order valence-electron chi connectivity index (χ3n) is 0.804. The Morgan fingerprint density at radius 1 is 1.70 bits per heavy atom. The van der Waals surface area contributed by atoms with Gasteiger partial charge in [0.05, 0.1) is 5.84 Å². The molecule has 0 bridgehead atoms. The molecule has 0 atom stereocenters. The highest BCUT2D eigenvalue weighted by Crippen LogP contribution is 1.77. The number of hydrogen-bond donors (Lipinski definition) is 2. The van der Waals surface area contributed by atoms with Gasteiger partial charge in [-0.2, -0.15) is 0 Å². The maximum atomic E-state index is 5.29. The summed E-state index contributed by atoms with van der Waals surface area (Å²) >= 11 is 4.82. The fourth-order valence-corrected chi connectivity index (χ4v) is 0.678. The summed E-state index contributed by atoms with van der Waals surface area (Å²) < 4.78 is 0. The van der Waals surface area contributed by atoms with Crippen LogP contribution in [0.15, 0.2) is 4.99 Å². The number of nitrogens with one attached hydrogen (secondary N) is 1. The number of nitrogens with zero attached hydrogens (tertiary/aromatic N) is 1. The molecule has 0 saturated carbocycles. The van der Waals surface area contributed by atoms with Crippen LogP contribution in [0.2, 0.25) is 0 Å². The lowest BCUT2D eigenvalue weighted by atomic mass is 10.5. The van der Waals surface area contributed by atoms with Gasteiger partial charge in [0.2, 0.25) is 0 Å². The van der Waals surface area contributed by atoms with Crippen LogP contribution in [-0.4, -0.2) is 17.5 Å². The zero-order valence-corrected chi connectivity index (χ0v) is 7.16. The minimum Gasteiger partial charge on any atom is -0.387 e. The molecule has 0 radical (unpaired) electrons. The Hall–Kier alpha value is -0.640. The zero-order valence-electron chi connectivity index (χ0n) is 6.35. The number of rotatable bonds is 2. The molecule has 3 N–H and O–H groups in total. The third-order valence-corrected chi connectivity index (χ3v) is 1.04. The average molecular weight is 159 g/mol. The van der Waals surface area contributed by atoms with Crippen molar-refractivity contribution in [3.8, 4) is 0 Å². The van der Waals surface area contributed by atoms with Gasteiger partial charge in [-0.05, 0) is 25.6 Å². The number of aliphatic imine (C=N–C) groups is 1. The first kappa shape index (κ1) is 9.36. The lowest BCUT2D eigenvalue weighted by molar-refractivity contribution is 0.843. The van der Waals surface area contributed by atoms with E-state index >= 15 is 0 Å². The van der Waals surface area contributed by atoms with Gasteiger partial charge < -0.3 is 11.1 Å². The second-order valence-electron chi connectivity index (χ2n) is 1.99. The highest BCUT2D eigenvalue weighted by atomic mass is 32.1. The van der Waals surface area contributed by atoms with Gasteiger partial charge in [0.25, 0.3) is 0 Å². The van der Waals surface area contributed by atoms with Crippen molar-refractivity contribution in [2.45, 2.75) is 20.3 Å². The van der Waals surface area contributed by atoms with Crippen molar-refractivity contribution in [3.05, 3.63) is 0 Å². The predicted octanol–water partition coefficient (Wildman–Crippen LogP) is 0.648. The molecule has 0 aromatic heterocycles. The van der Waals surface area contributed by atoms with Crippen molar-refractivity contribution < 1.29 is 0 Å². The van der Waals surface area contributed by atoms with Gasteiger partial charge in [-0.15, -0.1) is 0 Å². The monoisotopic (exact) mass is 159 g/mol. The molecular weight excluding hydrogens is 146 g/mol. The Morgan fingerprint density at radius 2 is 2.30 bits per heavy atom. The normalized spacial score (nSPS) is 11.2. The van der Waals surface area contributed by atoms with Crippen molar-refractivity contribution in [2.75, 3.05) is 6.54 Å². The van der Waals surface area contributed by atoms with Gasteiger partial charge in [0.15, 0.2) is 5.11 Å². The molecule has 0 aliphatic carbocycles. The molecule has 0 aliphatic heterocycles. The summed E-state index contributed by atoms with van der Waals surface area (Å²) in [7, 11) is 0. The number of amidine groups is 1. The van der Waals surface area contributed by atoms with E-state index in [0.717, 1.165) is 13.0 Å². The van der Waals surface area contributed by atoms with Gasteiger partial charge in [0.1, 0.15) is 0 Å². The highest BCUT2D eigenvalue weighted by Gasteiger charge is 1.88. The van der Waals surface area contributed by atoms with Gasteiger partial charge >= 0.3 is 0 Å². The molecule has 0 saturated heterocycles. The fraction of sp³-hybridized carbons (Fsp3) is 0.667. The predicted molar refractivity (Wildman–Crippen MR) is 48.2 cm³/mol. The fourth-order valence-electron chi connectivity index (χ4n) is 0.432. The first-order valence-electron chi connectivity index (χ1n) is 3.25. The second-order valence-corrected chi connectivity index (χ2v) is 2.37. The summed E-state index contributed by atoms with van der Waals surface area (Å²) in [5.41, 5.74) is 5.29. The summed E-state index contributed by atoms with van der Waals surface area (Å²) in [5, 5.41) is 3.40. The van der Waals surface area contributed by atoms with Crippen molar-refractivity contribution in [1.82, 2.24) is 5.32 Å². The summed E-state index contributed by atoms with van der Waals surface area (Å²) in [6, 6.07) is 0. The molecule has 0 unspecified atom stereocenters. The van der Waals surface area contributed by atoms with E-state index in [9.17, 15) is 0 Å². The molecule has 0 heterocycles. The largest absolute Gasteiger partial charge is 0.387 e. The molecule has 3 nitrogen and oxygen atoms in total. The van der Waals surface area contributed by atoms with Crippen LogP contribution in [0.1, 0.15) is 20.3 Å². The van der Waals surface area contributed by atoms with Crippen LogP contribution in [0.3, 0.4) is 0 Å². The average Bonchev–Trinajstić information content (AvgIpc) is 1.82. The number of nitrogens with two attached hydrogens (primary N) is 1. The Balaban J connectivity index is 3.54. The first-order valence-corrected chi connectivity index (χ1v) is 3.66. The molecule has 0 amide bonds. The van der Waals surface area contributed by atoms with Crippen molar-refractivity contribution >= 4 is 23.2 Å². The van der Waals surface area contributed by atoms with E-state index in [1.54, 1.807) is 6.92 Å². The zero-order chi connectivity index (χ0) is 7.98. The van der Waals surface area contributed by atoms with Crippen LogP contribution in [0.5, 0.6) is 0 Å². The van der Waals surface area contributed by atoms with Gasteiger partial charge in [-0.3, -0.25) is 0 Å². The summed E-state index contributed by atoms with van der Waals surface area (Å²) in [4.78, 5) is 3.83. The quantitative estimate of drug-likeness (QED) is 0.353. The first-order chi connectivity index (χ1) is 4.66. The SMILES string of the molecule is CCCNC(=S)N=C(C)N. The third kappa shape index (κ3) is 5.50. The molecule has 58 valence electrons. The summed E-state index contributed by atoms with van der Waals surface area (Å²) in [5.74, 6) is 0.494. The van der Waals surface area contributed by atoms with Crippen LogP contribution in [0.25, 0.3) is 0 Å². The van der Waals surface area contributed by atoms with Gasteiger partial charge in [-0.1, -0.05) is 6.92 Å². The maximum absolute atomic E-state index is 5.29.